The van der Waals surface area contributed by atoms with Crippen molar-refractivity contribution < 1.29 is 9.53 Å². The normalized spacial score (nSPS) is 25.0. The summed E-state index contributed by atoms with van der Waals surface area (Å²) in [6, 6.07) is 0. The first-order valence-electron chi connectivity index (χ1n) is 9.23. The summed E-state index contributed by atoms with van der Waals surface area (Å²) in [5.74, 6) is 0.748. The van der Waals surface area contributed by atoms with E-state index in [2.05, 4.69) is 22.2 Å². The van der Waals surface area contributed by atoms with Gasteiger partial charge in [-0.1, -0.05) is 19.8 Å². The van der Waals surface area contributed by atoms with Gasteiger partial charge in [-0.05, 0) is 32.1 Å². The van der Waals surface area contributed by atoms with E-state index in [0.717, 1.165) is 30.9 Å². The number of carbonyl (C=O) groups excluding carboxylic acids is 1. The van der Waals surface area contributed by atoms with Gasteiger partial charge >= 0.3 is 0 Å². The lowest BCUT2D eigenvalue weighted by Crippen LogP contribution is -2.50. The molecular weight excluding hydrogens is 304 g/mol. The summed E-state index contributed by atoms with van der Waals surface area (Å²) in [4.78, 5) is 14.7. The highest BCUT2D eigenvalue weighted by atomic mass is 16.5. The highest BCUT2D eigenvalue weighted by Crippen LogP contribution is 2.37. The summed E-state index contributed by atoms with van der Waals surface area (Å²) in [6.07, 6.45) is 8.33. The Hall–Kier alpha value is -1.40. The third-order valence-electron chi connectivity index (χ3n) is 5.17. The van der Waals surface area contributed by atoms with Gasteiger partial charge in [0.15, 0.2) is 0 Å². The second-order valence-corrected chi connectivity index (χ2v) is 7.29. The molecule has 1 aromatic rings. The number of amides is 1. The molecule has 1 saturated heterocycles. The van der Waals surface area contributed by atoms with Gasteiger partial charge in [0.2, 0.25) is 5.91 Å². The monoisotopic (exact) mass is 334 g/mol. The number of aromatic nitrogens is 2. The molecule has 2 aliphatic rings. The molecule has 6 heteroatoms. The van der Waals surface area contributed by atoms with Crippen molar-refractivity contribution in [1.82, 2.24) is 14.7 Å². The quantitative estimate of drug-likeness (QED) is 0.831. The lowest BCUT2D eigenvalue weighted by molar-refractivity contribution is -0.124. The molecule has 0 spiro atoms. The molecule has 6 nitrogen and oxygen atoms in total. The Morgan fingerprint density at radius 2 is 2.21 bits per heavy atom. The largest absolute Gasteiger partial charge is 0.372 e. The van der Waals surface area contributed by atoms with Gasteiger partial charge in [0.05, 0.1) is 36.3 Å². The fraction of sp³-hybridized carbons (Fsp3) is 0.778. The zero-order chi connectivity index (χ0) is 17.1. The summed E-state index contributed by atoms with van der Waals surface area (Å²) in [5.41, 5.74) is 1.78. The summed E-state index contributed by atoms with van der Waals surface area (Å²) in [7, 11) is 1.88. The SMILES string of the molecule is CCCC[C@@H]1CN(CC(=O)Nc2cnn(C)c2C)C[C@H](C2CC2)O1. The lowest BCUT2D eigenvalue weighted by atomic mass is 10.1. The molecule has 3 rings (SSSR count). The second kappa shape index (κ2) is 7.66. The van der Waals surface area contributed by atoms with Gasteiger partial charge in [0.1, 0.15) is 0 Å². The van der Waals surface area contributed by atoms with Crippen LogP contribution in [0.25, 0.3) is 0 Å². The van der Waals surface area contributed by atoms with Crippen LogP contribution < -0.4 is 5.32 Å². The molecule has 0 radical (unpaired) electrons. The highest BCUT2D eigenvalue weighted by Gasteiger charge is 2.38. The predicted octanol–water partition coefficient (Wildman–Crippen LogP) is 2.34. The van der Waals surface area contributed by atoms with Crippen LogP contribution in [0.5, 0.6) is 0 Å². The molecule has 1 N–H and O–H groups in total. The van der Waals surface area contributed by atoms with Gasteiger partial charge in [-0.2, -0.15) is 5.10 Å². The Morgan fingerprint density at radius 1 is 1.42 bits per heavy atom. The zero-order valence-electron chi connectivity index (χ0n) is 15.1. The van der Waals surface area contributed by atoms with Crippen molar-refractivity contribution in [3.8, 4) is 0 Å². The van der Waals surface area contributed by atoms with E-state index >= 15 is 0 Å². The molecule has 1 amide bonds. The lowest BCUT2D eigenvalue weighted by Gasteiger charge is -2.38. The van der Waals surface area contributed by atoms with Crippen molar-refractivity contribution in [2.45, 2.75) is 58.2 Å². The molecule has 2 fully saturated rings. The minimum absolute atomic E-state index is 0.0387. The van der Waals surface area contributed by atoms with Gasteiger partial charge in [-0.3, -0.25) is 14.4 Å². The smallest absolute Gasteiger partial charge is 0.238 e. The van der Waals surface area contributed by atoms with Crippen molar-refractivity contribution in [1.29, 1.82) is 0 Å². The van der Waals surface area contributed by atoms with Crippen molar-refractivity contribution >= 4 is 11.6 Å². The molecule has 0 bridgehead atoms. The van der Waals surface area contributed by atoms with Crippen LogP contribution in [-0.4, -0.2) is 52.4 Å². The van der Waals surface area contributed by atoms with Gasteiger partial charge < -0.3 is 10.1 Å². The maximum Gasteiger partial charge on any atom is 0.238 e. The third kappa shape index (κ3) is 4.36. The average molecular weight is 334 g/mol. The standard InChI is InChI=1S/C18H30N4O2/c1-4-5-6-15-10-22(11-17(24-15)14-7-8-14)12-18(23)20-16-9-19-21(3)13(16)2/h9,14-15,17H,4-8,10-12H2,1-3H3,(H,20,23)/t15-,17-/m1/s1. The van der Waals surface area contributed by atoms with E-state index in [0.29, 0.717) is 18.6 Å². The first-order chi connectivity index (χ1) is 11.6. The van der Waals surface area contributed by atoms with Crippen molar-refractivity contribution in [3.63, 3.8) is 0 Å². The number of aryl methyl sites for hydroxylation is 1. The number of hydrogen-bond acceptors (Lipinski definition) is 4. The summed E-state index contributed by atoms with van der Waals surface area (Å²) in [5, 5.41) is 7.16. The molecule has 0 aromatic carbocycles. The van der Waals surface area contributed by atoms with Crippen LogP contribution >= 0.6 is 0 Å². The number of hydrogen-bond donors (Lipinski definition) is 1. The Morgan fingerprint density at radius 3 is 2.83 bits per heavy atom. The van der Waals surface area contributed by atoms with Gasteiger partial charge in [-0.25, -0.2) is 0 Å². The number of nitrogens with one attached hydrogen (secondary N) is 1. The third-order valence-corrected chi connectivity index (χ3v) is 5.17. The fourth-order valence-electron chi connectivity index (χ4n) is 3.41. The molecule has 2 heterocycles. The maximum absolute atomic E-state index is 12.4. The van der Waals surface area contributed by atoms with Crippen LogP contribution in [0.2, 0.25) is 0 Å². The number of morpholine rings is 1. The molecule has 1 saturated carbocycles. The van der Waals surface area contributed by atoms with Gasteiger partial charge in [0, 0.05) is 20.1 Å². The molecule has 1 aromatic heterocycles. The zero-order valence-corrected chi connectivity index (χ0v) is 15.1. The second-order valence-electron chi connectivity index (χ2n) is 7.29. The van der Waals surface area contributed by atoms with E-state index in [4.69, 9.17) is 4.74 Å². The molecule has 1 aliphatic carbocycles. The van der Waals surface area contributed by atoms with Crippen molar-refractivity contribution in [3.05, 3.63) is 11.9 Å². The predicted molar refractivity (Wildman–Crippen MR) is 93.9 cm³/mol. The van der Waals surface area contributed by atoms with E-state index < -0.39 is 0 Å². The summed E-state index contributed by atoms with van der Waals surface area (Å²) in [6.45, 7) is 6.35. The van der Waals surface area contributed by atoms with E-state index in [1.807, 2.05) is 14.0 Å². The van der Waals surface area contributed by atoms with Crippen molar-refractivity contribution in [2.24, 2.45) is 13.0 Å². The summed E-state index contributed by atoms with van der Waals surface area (Å²) >= 11 is 0. The summed E-state index contributed by atoms with van der Waals surface area (Å²) < 4.78 is 8.05. The number of rotatable bonds is 7. The van der Waals surface area contributed by atoms with Crippen LogP contribution in [0.3, 0.4) is 0 Å². The van der Waals surface area contributed by atoms with Crippen LogP contribution in [-0.2, 0) is 16.6 Å². The van der Waals surface area contributed by atoms with E-state index in [9.17, 15) is 4.79 Å². The van der Waals surface area contributed by atoms with E-state index in [1.165, 1.54) is 25.7 Å². The Balaban J connectivity index is 1.55. The molecule has 2 atom stereocenters. The Kier molecular flexibility index (Phi) is 5.56. The number of unbranched alkanes of at least 4 members (excludes halogenated alkanes) is 1. The number of nitrogens with zero attached hydrogens (tertiary/aromatic N) is 3. The Bertz CT molecular complexity index is 567. The molecule has 1 aliphatic heterocycles. The molecule has 0 unspecified atom stereocenters. The topological polar surface area (TPSA) is 59.4 Å². The molecule has 134 valence electrons. The van der Waals surface area contributed by atoms with Gasteiger partial charge in [0.25, 0.3) is 0 Å². The van der Waals surface area contributed by atoms with Crippen LogP contribution in [0.1, 0.15) is 44.7 Å². The Labute approximate surface area is 144 Å². The van der Waals surface area contributed by atoms with Crippen LogP contribution in [0.4, 0.5) is 5.69 Å². The van der Waals surface area contributed by atoms with E-state index in [-0.39, 0.29) is 12.0 Å². The molecular formula is C18H30N4O2. The van der Waals surface area contributed by atoms with E-state index in [1.54, 1.807) is 10.9 Å². The van der Waals surface area contributed by atoms with Crippen molar-refractivity contribution in [2.75, 3.05) is 25.0 Å². The minimum Gasteiger partial charge on any atom is -0.372 e. The average Bonchev–Trinajstić information content (AvgIpc) is 3.36. The maximum atomic E-state index is 12.4. The fourth-order valence-corrected chi connectivity index (χ4v) is 3.41. The first kappa shape index (κ1) is 17.4. The van der Waals surface area contributed by atoms with Crippen LogP contribution in [0.15, 0.2) is 6.20 Å². The minimum atomic E-state index is 0.0387. The number of carbonyl (C=O) groups is 1. The highest BCUT2D eigenvalue weighted by molar-refractivity contribution is 5.92. The number of anilines is 1. The molecule has 24 heavy (non-hydrogen) atoms. The van der Waals surface area contributed by atoms with Gasteiger partial charge in [-0.15, -0.1) is 0 Å². The number of ether oxygens (including phenoxy) is 1. The van der Waals surface area contributed by atoms with Crippen LogP contribution in [0, 0.1) is 12.8 Å². The first-order valence-corrected chi connectivity index (χ1v) is 9.23.